The van der Waals surface area contributed by atoms with Gasteiger partial charge in [0.05, 0.1) is 18.8 Å². The van der Waals surface area contributed by atoms with Crippen LogP contribution in [0.3, 0.4) is 0 Å². The van der Waals surface area contributed by atoms with Crippen molar-refractivity contribution in [1.29, 1.82) is 0 Å². The van der Waals surface area contributed by atoms with Crippen molar-refractivity contribution in [2.45, 2.75) is 19.9 Å². The number of amides is 1. The van der Waals surface area contributed by atoms with Gasteiger partial charge in [0.25, 0.3) is 0 Å². The van der Waals surface area contributed by atoms with Gasteiger partial charge in [0.2, 0.25) is 5.91 Å². The SMILES string of the molecule is CCN1CCN(CC(=O)NC(C)c2cnn(-c3ccccc3F)c2)CC1. The second-order valence-corrected chi connectivity index (χ2v) is 6.67. The van der Waals surface area contributed by atoms with Gasteiger partial charge in [-0.2, -0.15) is 5.10 Å². The van der Waals surface area contributed by atoms with Crippen LogP contribution in [0.1, 0.15) is 25.5 Å². The molecule has 1 N–H and O–H groups in total. The highest BCUT2D eigenvalue weighted by atomic mass is 19.1. The number of benzene rings is 1. The van der Waals surface area contributed by atoms with Gasteiger partial charge in [-0.25, -0.2) is 9.07 Å². The lowest BCUT2D eigenvalue weighted by atomic mass is 10.2. The van der Waals surface area contributed by atoms with Gasteiger partial charge in [-0.15, -0.1) is 0 Å². The fraction of sp³-hybridized carbons (Fsp3) is 0.474. The third kappa shape index (κ3) is 4.47. The average molecular weight is 359 g/mol. The normalized spacial score (nSPS) is 17.2. The third-order valence-electron chi connectivity index (χ3n) is 4.86. The van der Waals surface area contributed by atoms with Gasteiger partial charge < -0.3 is 10.2 Å². The molecule has 1 unspecified atom stereocenters. The van der Waals surface area contributed by atoms with Crippen molar-refractivity contribution in [1.82, 2.24) is 24.9 Å². The molecule has 3 rings (SSSR count). The number of hydrogen-bond donors (Lipinski definition) is 1. The number of hydrogen-bond acceptors (Lipinski definition) is 4. The fourth-order valence-corrected chi connectivity index (χ4v) is 3.17. The van der Waals surface area contributed by atoms with Crippen LogP contribution in [0.5, 0.6) is 0 Å². The predicted octanol–water partition coefficient (Wildman–Crippen LogP) is 1.83. The molecule has 1 aliphatic heterocycles. The maximum absolute atomic E-state index is 13.9. The Balaban J connectivity index is 1.54. The molecule has 7 heteroatoms. The number of carbonyl (C=O) groups excluding carboxylic acids is 1. The number of carbonyl (C=O) groups is 1. The zero-order valence-electron chi connectivity index (χ0n) is 15.4. The van der Waals surface area contributed by atoms with E-state index in [2.05, 4.69) is 27.1 Å². The maximum Gasteiger partial charge on any atom is 0.234 e. The summed E-state index contributed by atoms with van der Waals surface area (Å²) in [5, 5.41) is 7.23. The van der Waals surface area contributed by atoms with E-state index in [0.29, 0.717) is 12.2 Å². The Hall–Kier alpha value is -2.25. The van der Waals surface area contributed by atoms with E-state index < -0.39 is 0 Å². The Labute approximate surface area is 153 Å². The number of halogens is 1. The molecule has 1 amide bonds. The van der Waals surface area contributed by atoms with Crippen molar-refractivity contribution in [3.63, 3.8) is 0 Å². The molecular formula is C19H26FN5O. The summed E-state index contributed by atoms with van der Waals surface area (Å²) < 4.78 is 15.4. The van der Waals surface area contributed by atoms with Crippen LogP contribution in [0.4, 0.5) is 4.39 Å². The summed E-state index contributed by atoms with van der Waals surface area (Å²) in [7, 11) is 0. The number of likely N-dealkylation sites (N-methyl/N-ethyl adjacent to an activating group) is 1. The summed E-state index contributed by atoms with van der Waals surface area (Å²) in [6, 6.07) is 6.31. The van der Waals surface area contributed by atoms with Gasteiger partial charge in [-0.3, -0.25) is 9.69 Å². The van der Waals surface area contributed by atoms with Gasteiger partial charge >= 0.3 is 0 Å². The molecule has 0 bridgehead atoms. The number of nitrogens with zero attached hydrogens (tertiary/aromatic N) is 4. The number of piperazine rings is 1. The van der Waals surface area contributed by atoms with Gasteiger partial charge in [-0.05, 0) is 25.6 Å². The Morgan fingerprint density at radius 3 is 2.62 bits per heavy atom. The minimum absolute atomic E-state index is 0.00101. The summed E-state index contributed by atoms with van der Waals surface area (Å²) >= 11 is 0. The highest BCUT2D eigenvalue weighted by Crippen LogP contribution is 2.16. The van der Waals surface area contributed by atoms with Crippen LogP contribution in [-0.2, 0) is 4.79 Å². The standard InChI is InChI=1S/C19H26FN5O/c1-3-23-8-10-24(11-9-23)14-19(26)22-15(2)16-12-21-25(13-16)18-7-5-4-6-17(18)20/h4-7,12-13,15H,3,8-11,14H2,1-2H3,(H,22,26). The topological polar surface area (TPSA) is 53.4 Å². The van der Waals surface area contributed by atoms with E-state index in [9.17, 15) is 9.18 Å². The van der Waals surface area contributed by atoms with Crippen LogP contribution in [0.15, 0.2) is 36.7 Å². The molecule has 2 aromatic rings. The molecule has 1 aliphatic rings. The van der Waals surface area contributed by atoms with Crippen LogP contribution in [0, 0.1) is 5.82 Å². The molecule has 1 fully saturated rings. The first kappa shape index (κ1) is 18.5. The average Bonchev–Trinajstić information content (AvgIpc) is 3.12. The molecule has 0 radical (unpaired) electrons. The first-order chi connectivity index (χ1) is 12.6. The van der Waals surface area contributed by atoms with E-state index in [1.165, 1.54) is 10.7 Å². The second kappa shape index (κ2) is 8.42. The summed E-state index contributed by atoms with van der Waals surface area (Å²) in [5.41, 5.74) is 1.24. The van der Waals surface area contributed by atoms with E-state index in [4.69, 9.17) is 0 Å². The summed E-state index contributed by atoms with van der Waals surface area (Å²) in [6.07, 6.45) is 3.42. The summed E-state index contributed by atoms with van der Waals surface area (Å²) in [5.74, 6) is -0.328. The van der Waals surface area contributed by atoms with Crippen LogP contribution < -0.4 is 5.32 Å². The van der Waals surface area contributed by atoms with E-state index in [1.807, 2.05) is 6.92 Å². The van der Waals surface area contributed by atoms with E-state index >= 15 is 0 Å². The minimum atomic E-state index is -0.329. The number of para-hydroxylation sites is 1. The second-order valence-electron chi connectivity index (χ2n) is 6.67. The molecule has 0 saturated carbocycles. The molecule has 0 spiro atoms. The van der Waals surface area contributed by atoms with Crippen LogP contribution >= 0.6 is 0 Å². The maximum atomic E-state index is 13.9. The van der Waals surface area contributed by atoms with E-state index in [-0.39, 0.29) is 17.8 Å². The van der Waals surface area contributed by atoms with Crippen LogP contribution in [-0.4, -0.2) is 64.8 Å². The van der Waals surface area contributed by atoms with Gasteiger partial charge in [0, 0.05) is 37.9 Å². The van der Waals surface area contributed by atoms with Crippen molar-refractivity contribution in [2.75, 3.05) is 39.3 Å². The van der Waals surface area contributed by atoms with E-state index in [1.54, 1.807) is 30.6 Å². The molecular weight excluding hydrogens is 333 g/mol. The predicted molar refractivity (Wildman–Crippen MR) is 98.6 cm³/mol. The molecule has 1 atom stereocenters. The lowest BCUT2D eigenvalue weighted by Gasteiger charge is -2.33. The molecule has 0 aliphatic carbocycles. The fourth-order valence-electron chi connectivity index (χ4n) is 3.17. The Morgan fingerprint density at radius 1 is 1.23 bits per heavy atom. The van der Waals surface area contributed by atoms with E-state index in [0.717, 1.165) is 38.3 Å². The third-order valence-corrected chi connectivity index (χ3v) is 4.86. The monoisotopic (exact) mass is 359 g/mol. The number of aromatic nitrogens is 2. The van der Waals surface area contributed by atoms with Gasteiger partial charge in [-0.1, -0.05) is 19.1 Å². The highest BCUT2D eigenvalue weighted by Gasteiger charge is 2.19. The zero-order chi connectivity index (χ0) is 18.5. The molecule has 2 heterocycles. The van der Waals surface area contributed by atoms with Crippen molar-refractivity contribution in [3.05, 3.63) is 48.0 Å². The van der Waals surface area contributed by atoms with Crippen molar-refractivity contribution >= 4 is 5.91 Å². The molecule has 1 saturated heterocycles. The zero-order valence-corrected chi connectivity index (χ0v) is 15.4. The Kier molecular flexibility index (Phi) is 6.00. The Morgan fingerprint density at radius 2 is 1.92 bits per heavy atom. The Bertz CT molecular complexity index is 739. The first-order valence-corrected chi connectivity index (χ1v) is 9.10. The largest absolute Gasteiger partial charge is 0.348 e. The van der Waals surface area contributed by atoms with Gasteiger partial charge in [0.15, 0.2) is 0 Å². The summed E-state index contributed by atoms with van der Waals surface area (Å²) in [4.78, 5) is 16.9. The van der Waals surface area contributed by atoms with Crippen LogP contribution in [0.25, 0.3) is 5.69 Å². The lowest BCUT2D eigenvalue weighted by molar-refractivity contribution is -0.123. The van der Waals surface area contributed by atoms with Crippen molar-refractivity contribution in [2.24, 2.45) is 0 Å². The number of rotatable bonds is 6. The van der Waals surface area contributed by atoms with Gasteiger partial charge in [0.1, 0.15) is 11.5 Å². The summed E-state index contributed by atoms with van der Waals surface area (Å²) in [6.45, 7) is 9.39. The van der Waals surface area contributed by atoms with Crippen molar-refractivity contribution in [3.8, 4) is 5.69 Å². The first-order valence-electron chi connectivity index (χ1n) is 9.10. The number of nitrogens with one attached hydrogen (secondary N) is 1. The molecule has 26 heavy (non-hydrogen) atoms. The molecule has 140 valence electrons. The highest BCUT2D eigenvalue weighted by molar-refractivity contribution is 5.78. The van der Waals surface area contributed by atoms with Crippen molar-refractivity contribution < 1.29 is 9.18 Å². The lowest BCUT2D eigenvalue weighted by Crippen LogP contribution is -2.49. The molecule has 6 nitrogen and oxygen atoms in total. The molecule has 1 aromatic carbocycles. The molecule has 1 aromatic heterocycles. The smallest absolute Gasteiger partial charge is 0.234 e. The minimum Gasteiger partial charge on any atom is -0.348 e. The van der Waals surface area contributed by atoms with Crippen LogP contribution in [0.2, 0.25) is 0 Å². The quantitative estimate of drug-likeness (QED) is 0.855.